The summed E-state index contributed by atoms with van der Waals surface area (Å²) < 4.78 is 7.47. The van der Waals surface area contributed by atoms with E-state index in [0.717, 1.165) is 18.4 Å². The van der Waals surface area contributed by atoms with Crippen LogP contribution in [0.2, 0.25) is 0 Å². The number of nitrogens with zero attached hydrogens (tertiary/aromatic N) is 4. The molecular formula is C20H24N4O3. The number of aromatic nitrogens is 2. The molecule has 1 spiro atoms. The minimum absolute atomic E-state index is 0.0343. The first kappa shape index (κ1) is 17.6. The molecule has 1 aromatic heterocycles. The van der Waals surface area contributed by atoms with E-state index in [1.165, 1.54) is 0 Å². The highest BCUT2D eigenvalue weighted by Gasteiger charge is 2.44. The molecule has 0 bridgehead atoms. The number of carbonyl (C=O) groups excluding carboxylic acids is 2. The van der Waals surface area contributed by atoms with Gasteiger partial charge >= 0.3 is 6.09 Å². The van der Waals surface area contributed by atoms with Crippen molar-refractivity contribution in [2.45, 2.75) is 31.4 Å². The molecule has 2 aromatic rings. The third-order valence-corrected chi connectivity index (χ3v) is 5.40. The van der Waals surface area contributed by atoms with Crippen LogP contribution in [0.25, 0.3) is 0 Å². The SMILES string of the molecule is CN1C[C@@]2(CCCN(C(=O)c3cccc(Cn4cccn4)c3)CC2)OC1=O. The first-order valence-corrected chi connectivity index (χ1v) is 9.34. The molecule has 2 saturated heterocycles. The predicted molar refractivity (Wildman–Crippen MR) is 99.4 cm³/mol. The molecule has 0 aliphatic carbocycles. The highest BCUT2D eigenvalue weighted by Crippen LogP contribution is 2.32. The van der Waals surface area contributed by atoms with Gasteiger partial charge in [0.1, 0.15) is 5.60 Å². The predicted octanol–water partition coefficient (Wildman–Crippen LogP) is 2.38. The van der Waals surface area contributed by atoms with Crippen LogP contribution < -0.4 is 0 Å². The Kier molecular flexibility index (Phi) is 4.59. The number of amides is 2. The fraction of sp³-hybridized carbons (Fsp3) is 0.450. The largest absolute Gasteiger partial charge is 0.441 e. The Balaban J connectivity index is 1.44. The summed E-state index contributed by atoms with van der Waals surface area (Å²) in [5.74, 6) is 0.0343. The lowest BCUT2D eigenvalue weighted by Gasteiger charge is -2.25. The molecule has 4 rings (SSSR count). The zero-order chi connectivity index (χ0) is 18.9. The molecule has 142 valence electrons. The summed E-state index contributed by atoms with van der Waals surface area (Å²) in [6, 6.07) is 9.60. The zero-order valence-electron chi connectivity index (χ0n) is 15.5. The average molecular weight is 368 g/mol. The maximum atomic E-state index is 13.0. The number of hydrogen-bond donors (Lipinski definition) is 0. The van der Waals surface area contributed by atoms with Gasteiger partial charge in [-0.2, -0.15) is 5.10 Å². The van der Waals surface area contributed by atoms with Crippen LogP contribution in [0.1, 0.15) is 35.2 Å². The molecule has 2 amide bonds. The number of hydrogen-bond acceptors (Lipinski definition) is 4. The van der Waals surface area contributed by atoms with Gasteiger partial charge in [0.25, 0.3) is 5.91 Å². The standard InChI is InChI=1S/C20H24N4O3/c1-22-15-20(27-19(22)26)7-3-10-23(12-8-20)18(25)17-6-2-5-16(13-17)14-24-11-4-9-21-24/h2,4-6,9,11,13H,3,7-8,10,12,14-15H2,1H3/t20-/m0/s1. The third-order valence-electron chi connectivity index (χ3n) is 5.40. The molecule has 2 fully saturated rings. The van der Waals surface area contributed by atoms with Gasteiger partial charge in [0.05, 0.1) is 13.1 Å². The van der Waals surface area contributed by atoms with E-state index in [1.54, 1.807) is 18.1 Å². The maximum absolute atomic E-state index is 13.0. The van der Waals surface area contributed by atoms with Gasteiger partial charge < -0.3 is 14.5 Å². The van der Waals surface area contributed by atoms with Crippen LogP contribution in [0.4, 0.5) is 4.79 Å². The van der Waals surface area contributed by atoms with Gasteiger partial charge in [-0.25, -0.2) is 4.79 Å². The van der Waals surface area contributed by atoms with Gasteiger partial charge in [0.15, 0.2) is 0 Å². The molecular weight excluding hydrogens is 344 g/mol. The molecule has 0 N–H and O–H groups in total. The topological polar surface area (TPSA) is 67.7 Å². The Labute approximate surface area is 158 Å². The number of rotatable bonds is 3. The Morgan fingerprint density at radius 3 is 2.89 bits per heavy atom. The van der Waals surface area contributed by atoms with Crippen molar-refractivity contribution >= 4 is 12.0 Å². The van der Waals surface area contributed by atoms with Crippen LogP contribution >= 0.6 is 0 Å². The minimum atomic E-state index is -0.442. The number of benzene rings is 1. The quantitative estimate of drug-likeness (QED) is 0.834. The second kappa shape index (κ2) is 7.06. The van der Waals surface area contributed by atoms with Gasteiger partial charge in [-0.05, 0) is 36.6 Å². The van der Waals surface area contributed by atoms with Crippen LogP contribution in [0, 0.1) is 0 Å². The molecule has 2 aliphatic heterocycles. The second-order valence-electron chi connectivity index (χ2n) is 7.46. The number of likely N-dealkylation sites (tertiary alicyclic amines) is 1. The minimum Gasteiger partial charge on any atom is -0.441 e. The lowest BCUT2D eigenvalue weighted by molar-refractivity contribution is 0.0438. The van der Waals surface area contributed by atoms with Crippen LogP contribution in [0.5, 0.6) is 0 Å². The van der Waals surface area contributed by atoms with E-state index >= 15 is 0 Å². The molecule has 1 aromatic carbocycles. The van der Waals surface area contributed by atoms with E-state index < -0.39 is 5.60 Å². The summed E-state index contributed by atoms with van der Waals surface area (Å²) in [7, 11) is 1.76. The van der Waals surface area contributed by atoms with E-state index in [1.807, 2.05) is 46.1 Å². The van der Waals surface area contributed by atoms with Crippen molar-refractivity contribution in [3.05, 3.63) is 53.9 Å². The Hall–Kier alpha value is -2.83. The summed E-state index contributed by atoms with van der Waals surface area (Å²) in [6.45, 7) is 2.53. The molecule has 2 aliphatic rings. The van der Waals surface area contributed by atoms with Crippen molar-refractivity contribution in [1.29, 1.82) is 0 Å². The van der Waals surface area contributed by atoms with Crippen LogP contribution in [0.3, 0.4) is 0 Å². The molecule has 7 heteroatoms. The molecule has 0 saturated carbocycles. The van der Waals surface area contributed by atoms with Crippen molar-refractivity contribution in [1.82, 2.24) is 19.6 Å². The van der Waals surface area contributed by atoms with Crippen LogP contribution in [0.15, 0.2) is 42.7 Å². The molecule has 3 heterocycles. The van der Waals surface area contributed by atoms with Gasteiger partial charge in [0, 0.05) is 44.5 Å². The lowest BCUT2D eigenvalue weighted by Crippen LogP contribution is -2.36. The van der Waals surface area contributed by atoms with Crippen molar-refractivity contribution in [3.8, 4) is 0 Å². The summed E-state index contributed by atoms with van der Waals surface area (Å²) in [5, 5.41) is 4.22. The summed E-state index contributed by atoms with van der Waals surface area (Å²) in [6.07, 6.45) is 5.70. The molecule has 0 radical (unpaired) electrons. The first-order chi connectivity index (χ1) is 13.0. The average Bonchev–Trinajstić information content (AvgIpc) is 3.20. The summed E-state index contributed by atoms with van der Waals surface area (Å²) >= 11 is 0. The van der Waals surface area contributed by atoms with Crippen molar-refractivity contribution in [3.63, 3.8) is 0 Å². The van der Waals surface area contributed by atoms with Crippen LogP contribution in [-0.2, 0) is 11.3 Å². The smallest absolute Gasteiger partial charge is 0.410 e. The number of carbonyl (C=O) groups is 2. The van der Waals surface area contributed by atoms with Gasteiger partial charge in [0.2, 0.25) is 0 Å². The first-order valence-electron chi connectivity index (χ1n) is 9.34. The Morgan fingerprint density at radius 1 is 1.26 bits per heavy atom. The van der Waals surface area contributed by atoms with Gasteiger partial charge in [-0.3, -0.25) is 9.48 Å². The van der Waals surface area contributed by atoms with Gasteiger partial charge in [-0.1, -0.05) is 12.1 Å². The van der Waals surface area contributed by atoms with Crippen LogP contribution in [-0.4, -0.2) is 63.9 Å². The van der Waals surface area contributed by atoms with E-state index in [2.05, 4.69) is 5.10 Å². The molecule has 0 unspecified atom stereocenters. The highest BCUT2D eigenvalue weighted by molar-refractivity contribution is 5.94. The zero-order valence-corrected chi connectivity index (χ0v) is 15.5. The normalized spacial score (nSPS) is 22.8. The fourth-order valence-electron chi connectivity index (χ4n) is 3.99. The molecule has 1 atom stereocenters. The van der Waals surface area contributed by atoms with E-state index in [-0.39, 0.29) is 12.0 Å². The van der Waals surface area contributed by atoms with Gasteiger partial charge in [-0.15, -0.1) is 0 Å². The lowest BCUT2D eigenvalue weighted by atomic mass is 9.95. The Bertz CT molecular complexity index is 836. The summed E-state index contributed by atoms with van der Waals surface area (Å²) in [5.41, 5.74) is 1.29. The fourth-order valence-corrected chi connectivity index (χ4v) is 3.99. The van der Waals surface area contributed by atoms with E-state index in [0.29, 0.717) is 38.2 Å². The van der Waals surface area contributed by atoms with Crippen molar-refractivity contribution < 1.29 is 14.3 Å². The molecule has 27 heavy (non-hydrogen) atoms. The van der Waals surface area contributed by atoms with E-state index in [4.69, 9.17) is 4.74 Å². The summed E-state index contributed by atoms with van der Waals surface area (Å²) in [4.78, 5) is 28.3. The number of ether oxygens (including phenoxy) is 1. The number of likely N-dealkylation sites (N-methyl/N-ethyl adjacent to an activating group) is 1. The third kappa shape index (κ3) is 3.67. The Morgan fingerprint density at radius 2 is 2.15 bits per heavy atom. The van der Waals surface area contributed by atoms with Crippen molar-refractivity contribution in [2.24, 2.45) is 0 Å². The monoisotopic (exact) mass is 368 g/mol. The highest BCUT2D eigenvalue weighted by atomic mass is 16.6. The van der Waals surface area contributed by atoms with E-state index in [9.17, 15) is 9.59 Å². The maximum Gasteiger partial charge on any atom is 0.410 e. The van der Waals surface area contributed by atoms with Crippen molar-refractivity contribution in [2.75, 3.05) is 26.7 Å². The molecule has 7 nitrogen and oxygen atoms in total. The second-order valence-corrected chi connectivity index (χ2v) is 7.46.